The summed E-state index contributed by atoms with van der Waals surface area (Å²) in [6.07, 6.45) is 7.74. The Labute approximate surface area is 226 Å². The largest absolute Gasteiger partial charge is 0.391 e. The third-order valence-electron chi connectivity index (χ3n) is 7.23. The summed E-state index contributed by atoms with van der Waals surface area (Å²) in [6.45, 7) is 3.85. The molecule has 2 aromatic rings. The molecule has 4 aliphatic rings. The van der Waals surface area contributed by atoms with Gasteiger partial charge in [-0.2, -0.15) is 4.99 Å². The van der Waals surface area contributed by atoms with Crippen molar-refractivity contribution in [3.05, 3.63) is 78.0 Å². The van der Waals surface area contributed by atoms with Crippen molar-refractivity contribution in [3.8, 4) is 0 Å². The van der Waals surface area contributed by atoms with Crippen molar-refractivity contribution in [2.45, 2.75) is 18.9 Å². The van der Waals surface area contributed by atoms with Gasteiger partial charge in [0.05, 0.1) is 37.5 Å². The predicted octanol–water partition coefficient (Wildman–Crippen LogP) is 1.44. The number of benzene rings is 1. The zero-order valence-electron chi connectivity index (χ0n) is 21.6. The first-order valence-electron chi connectivity index (χ1n) is 13.2. The van der Waals surface area contributed by atoms with Crippen LogP contribution in [0.1, 0.15) is 22.3 Å². The monoisotopic (exact) mass is 529 g/mol. The molecule has 2 saturated heterocycles. The first-order chi connectivity index (χ1) is 19.0. The quantitative estimate of drug-likeness (QED) is 0.544. The Bertz CT molecular complexity index is 1330. The second kappa shape index (κ2) is 11.0. The Hall–Kier alpha value is -4.06. The highest BCUT2D eigenvalue weighted by Crippen LogP contribution is 2.25. The predicted molar refractivity (Wildman–Crippen MR) is 146 cm³/mol. The summed E-state index contributed by atoms with van der Waals surface area (Å²) in [5.74, 6) is 1.36. The second-order valence-corrected chi connectivity index (χ2v) is 9.97. The average molecular weight is 530 g/mol. The molecule has 1 atom stereocenters. The SMILES string of the molecule is O=C(Cc1cccc(N2C=C(Nc3ccc(C(=O)N4CCOCC4)cn3)C3=NC=C[N+]3C2)c1)N1CCC(O)C1. The van der Waals surface area contributed by atoms with E-state index in [9.17, 15) is 14.7 Å². The van der Waals surface area contributed by atoms with Crippen LogP contribution in [0, 0.1) is 0 Å². The Morgan fingerprint density at radius 1 is 1.13 bits per heavy atom. The molecule has 1 radical (unpaired) electrons. The molecule has 39 heavy (non-hydrogen) atoms. The minimum atomic E-state index is -0.426. The number of amidine groups is 1. The number of β-amino-alcohol motifs (C(OH)–C–C–N with tert-alkyl or cyclic N) is 1. The maximum Gasteiger partial charge on any atom is 0.308 e. The van der Waals surface area contributed by atoms with Gasteiger partial charge in [0.2, 0.25) is 12.6 Å². The van der Waals surface area contributed by atoms with E-state index in [1.165, 1.54) is 0 Å². The number of carbonyl (C=O) groups excluding carboxylic acids is 2. The number of ether oxygens (including phenoxy) is 1. The van der Waals surface area contributed by atoms with Gasteiger partial charge in [0.25, 0.3) is 5.91 Å². The number of rotatable bonds is 6. The molecule has 1 unspecified atom stereocenters. The number of fused-ring (bicyclic) bond motifs is 1. The summed E-state index contributed by atoms with van der Waals surface area (Å²) in [6, 6.07) is 11.5. The number of anilines is 2. The fourth-order valence-corrected chi connectivity index (χ4v) is 5.11. The highest BCUT2D eigenvalue weighted by molar-refractivity contribution is 6.06. The zero-order chi connectivity index (χ0) is 26.8. The highest BCUT2D eigenvalue weighted by Gasteiger charge is 2.36. The topological polar surface area (TPSA) is 117 Å². The Morgan fingerprint density at radius 2 is 2.00 bits per heavy atom. The van der Waals surface area contributed by atoms with Gasteiger partial charge in [0.1, 0.15) is 11.5 Å². The molecule has 201 valence electrons. The minimum Gasteiger partial charge on any atom is -0.391 e. The van der Waals surface area contributed by atoms with Crippen molar-refractivity contribution >= 4 is 29.2 Å². The van der Waals surface area contributed by atoms with Crippen LogP contribution in [0.4, 0.5) is 11.5 Å². The maximum atomic E-state index is 12.8. The molecule has 0 aliphatic carbocycles. The van der Waals surface area contributed by atoms with Crippen molar-refractivity contribution in [1.29, 1.82) is 0 Å². The summed E-state index contributed by atoms with van der Waals surface area (Å²) in [5, 5.41) is 13.1. The van der Waals surface area contributed by atoms with Crippen molar-refractivity contribution in [2.24, 2.45) is 4.99 Å². The molecule has 2 amide bonds. The molecule has 11 heteroatoms. The normalized spacial score (nSPS) is 21.1. The molecule has 0 bridgehead atoms. The van der Waals surface area contributed by atoms with Gasteiger partial charge in [-0.25, -0.2) is 4.98 Å². The number of aliphatic imine (C=N–C) groups is 1. The van der Waals surface area contributed by atoms with E-state index in [-0.39, 0.29) is 11.8 Å². The van der Waals surface area contributed by atoms with Gasteiger partial charge in [0, 0.05) is 44.3 Å². The Balaban J connectivity index is 1.17. The van der Waals surface area contributed by atoms with Gasteiger partial charge in [-0.3, -0.25) is 14.5 Å². The molecule has 2 N–H and O–H groups in total. The van der Waals surface area contributed by atoms with Crippen LogP contribution in [0.15, 0.2) is 71.9 Å². The van der Waals surface area contributed by atoms with Crippen molar-refractivity contribution in [3.63, 3.8) is 0 Å². The lowest BCUT2D eigenvalue weighted by molar-refractivity contribution is -0.129. The fraction of sp³-hybridized carbons (Fsp3) is 0.357. The molecular formula is C28H31N7O4+. The molecule has 4 aliphatic heterocycles. The molecule has 2 fully saturated rings. The van der Waals surface area contributed by atoms with Crippen LogP contribution in [0.2, 0.25) is 0 Å². The number of aliphatic hydroxyl groups is 1. The number of nitrogens with one attached hydrogen (secondary N) is 1. The number of amides is 2. The van der Waals surface area contributed by atoms with Gasteiger partial charge in [-0.1, -0.05) is 17.0 Å². The number of hydrogen-bond acceptors (Lipinski definition) is 9. The molecular weight excluding hydrogens is 498 g/mol. The van der Waals surface area contributed by atoms with E-state index in [2.05, 4.69) is 20.2 Å². The van der Waals surface area contributed by atoms with E-state index in [0.717, 1.165) is 22.8 Å². The third-order valence-corrected chi connectivity index (χ3v) is 7.23. The maximum absolute atomic E-state index is 12.8. The lowest BCUT2D eigenvalue weighted by Gasteiger charge is -2.27. The van der Waals surface area contributed by atoms with Crippen LogP contribution in [-0.4, -0.2) is 89.7 Å². The van der Waals surface area contributed by atoms with Crippen LogP contribution in [-0.2, 0) is 16.0 Å². The van der Waals surface area contributed by atoms with Crippen LogP contribution in [0.25, 0.3) is 0 Å². The second-order valence-electron chi connectivity index (χ2n) is 9.97. The molecule has 0 saturated carbocycles. The summed E-state index contributed by atoms with van der Waals surface area (Å²) < 4.78 is 5.34. The van der Waals surface area contributed by atoms with Crippen LogP contribution in [0.5, 0.6) is 0 Å². The standard InChI is InChI=1S/C28H31N7O4/c36-23-6-8-33(17-23)26(37)15-20-2-1-3-22(14-20)35-18-24(27-29-7-9-34(27)19-35)31-25-5-4-21(16-30-25)28(38)32-10-12-39-13-11-32/h1-5,7,9,14,16,18,23,36H,6,8,10-13,15,17,19H2,(H,30,31)/q+1. The number of pyridine rings is 1. The van der Waals surface area contributed by atoms with Gasteiger partial charge in [0.15, 0.2) is 6.20 Å². The lowest BCUT2D eigenvalue weighted by Crippen LogP contribution is -2.46. The molecule has 1 aromatic heterocycles. The number of nitrogens with zero attached hydrogens (tertiary/aromatic N) is 6. The molecule has 1 aromatic carbocycles. The summed E-state index contributed by atoms with van der Waals surface area (Å²) in [5.41, 5.74) is 3.16. The summed E-state index contributed by atoms with van der Waals surface area (Å²) >= 11 is 0. The van der Waals surface area contributed by atoms with E-state index < -0.39 is 6.10 Å². The smallest absolute Gasteiger partial charge is 0.308 e. The summed E-state index contributed by atoms with van der Waals surface area (Å²) in [4.78, 5) is 42.1. The molecule has 6 rings (SSSR count). The number of likely N-dealkylation sites (tertiary alicyclic amines) is 1. The zero-order valence-corrected chi connectivity index (χ0v) is 21.6. The lowest BCUT2D eigenvalue weighted by atomic mass is 10.1. The Kier molecular flexibility index (Phi) is 7.10. The minimum absolute atomic E-state index is 0.0266. The number of morpholine rings is 1. The van der Waals surface area contributed by atoms with Gasteiger partial charge >= 0.3 is 5.84 Å². The van der Waals surface area contributed by atoms with Gasteiger partial charge in [-0.05, 0) is 36.2 Å². The first-order valence-corrected chi connectivity index (χ1v) is 13.2. The first kappa shape index (κ1) is 25.2. The van der Waals surface area contributed by atoms with E-state index in [1.54, 1.807) is 34.3 Å². The average Bonchev–Trinajstić information content (AvgIpc) is 3.63. The third kappa shape index (κ3) is 5.56. The van der Waals surface area contributed by atoms with Gasteiger partial charge < -0.3 is 25.0 Å². The van der Waals surface area contributed by atoms with E-state index in [0.29, 0.717) is 70.3 Å². The number of hydrogen-bond donors (Lipinski definition) is 2. The van der Waals surface area contributed by atoms with E-state index in [4.69, 9.17) is 4.74 Å². The van der Waals surface area contributed by atoms with Crippen LogP contribution in [0.3, 0.4) is 0 Å². The van der Waals surface area contributed by atoms with Gasteiger partial charge in [-0.15, -0.1) is 0 Å². The Morgan fingerprint density at radius 3 is 2.77 bits per heavy atom. The molecule has 11 nitrogen and oxygen atoms in total. The van der Waals surface area contributed by atoms with Crippen LogP contribution < -0.4 is 15.1 Å². The van der Waals surface area contributed by atoms with E-state index >= 15 is 0 Å². The van der Waals surface area contributed by atoms with E-state index in [1.807, 2.05) is 41.6 Å². The number of aromatic nitrogens is 1. The van der Waals surface area contributed by atoms with Crippen molar-refractivity contribution < 1.29 is 19.4 Å². The molecule has 0 spiro atoms. The highest BCUT2D eigenvalue weighted by atomic mass is 16.5. The molecule has 5 heterocycles. The fourth-order valence-electron chi connectivity index (χ4n) is 5.11. The summed E-state index contributed by atoms with van der Waals surface area (Å²) in [7, 11) is 0. The number of carbonyl (C=O) groups is 2. The van der Waals surface area contributed by atoms with Crippen LogP contribution >= 0.6 is 0 Å². The number of aliphatic hydroxyl groups excluding tert-OH is 1. The van der Waals surface area contributed by atoms with Crippen molar-refractivity contribution in [1.82, 2.24) is 19.7 Å². The van der Waals surface area contributed by atoms with Crippen molar-refractivity contribution in [2.75, 3.05) is 56.3 Å².